The Morgan fingerprint density at radius 3 is 2.31 bits per heavy atom. The van der Waals surface area contributed by atoms with E-state index in [9.17, 15) is 9.18 Å². The van der Waals surface area contributed by atoms with Crippen molar-refractivity contribution >= 4 is 34.2 Å². The number of para-hydroxylation sites is 1. The van der Waals surface area contributed by atoms with E-state index in [1.54, 1.807) is 12.1 Å². The minimum Gasteiger partial charge on any atom is -0.321 e. The van der Waals surface area contributed by atoms with E-state index >= 15 is 0 Å². The molecule has 0 aliphatic heterocycles. The summed E-state index contributed by atoms with van der Waals surface area (Å²) in [4.78, 5) is 13.8. The summed E-state index contributed by atoms with van der Waals surface area (Å²) in [5.74, 6) is -0.791. The molecule has 4 rings (SSSR count). The second kappa shape index (κ2) is 6.57. The van der Waals surface area contributed by atoms with Gasteiger partial charge in [-0.15, -0.1) is 10.2 Å². The lowest BCUT2D eigenvalue weighted by atomic mass is 10.2. The number of nitrogens with zero attached hydrogens (tertiary/aromatic N) is 3. The van der Waals surface area contributed by atoms with E-state index in [1.165, 1.54) is 29.1 Å². The fourth-order valence-electron chi connectivity index (χ4n) is 2.51. The maximum atomic E-state index is 13.0. The van der Waals surface area contributed by atoms with E-state index in [0.717, 1.165) is 5.69 Å². The average Bonchev–Trinajstić information content (AvgIpc) is 3.06. The molecule has 5 nitrogen and oxygen atoms in total. The minimum atomic E-state index is -0.404. The van der Waals surface area contributed by atoms with Crippen molar-refractivity contribution in [2.45, 2.75) is 0 Å². The van der Waals surface area contributed by atoms with Crippen LogP contribution in [0.3, 0.4) is 0 Å². The maximum Gasteiger partial charge on any atom is 0.255 e. The normalized spacial score (nSPS) is 10.8. The summed E-state index contributed by atoms with van der Waals surface area (Å²) in [7, 11) is 0. The highest BCUT2D eigenvalue weighted by Gasteiger charge is 2.13. The highest BCUT2D eigenvalue weighted by molar-refractivity contribution is 6.34. The molecule has 1 aromatic heterocycles. The van der Waals surface area contributed by atoms with Crippen LogP contribution in [-0.4, -0.2) is 20.9 Å². The highest BCUT2D eigenvalue weighted by atomic mass is 35.5. The van der Waals surface area contributed by atoms with Crippen molar-refractivity contribution in [1.82, 2.24) is 15.0 Å². The summed E-state index contributed by atoms with van der Waals surface area (Å²) in [6, 6.07) is 18.0. The number of fused-ring (bicyclic) bond motifs is 1. The van der Waals surface area contributed by atoms with Gasteiger partial charge in [0.1, 0.15) is 16.9 Å². The first-order valence-corrected chi connectivity index (χ1v) is 8.17. The zero-order chi connectivity index (χ0) is 18.1. The van der Waals surface area contributed by atoms with E-state index in [1.807, 2.05) is 30.3 Å². The molecule has 0 atom stereocenters. The fraction of sp³-hybridized carbons (Fsp3) is 0. The fourth-order valence-corrected chi connectivity index (χ4v) is 2.71. The SMILES string of the molecule is O=C(Nc1cc2nn(-c3ccccc3)nc2cc1Cl)c1ccc(F)cc1. The molecule has 7 heteroatoms. The maximum absolute atomic E-state index is 13.0. The van der Waals surface area contributed by atoms with Crippen molar-refractivity contribution in [3.05, 3.63) is 83.1 Å². The molecule has 0 saturated carbocycles. The molecule has 0 spiro atoms. The predicted molar refractivity (Wildman–Crippen MR) is 98.2 cm³/mol. The number of carbonyl (C=O) groups excluding carboxylic acids is 1. The smallest absolute Gasteiger partial charge is 0.255 e. The first-order chi connectivity index (χ1) is 12.6. The van der Waals surface area contributed by atoms with Gasteiger partial charge in [0.15, 0.2) is 0 Å². The summed E-state index contributed by atoms with van der Waals surface area (Å²) >= 11 is 6.26. The Kier molecular flexibility index (Phi) is 4.10. The Morgan fingerprint density at radius 1 is 0.962 bits per heavy atom. The Hall–Kier alpha value is -3.25. The lowest BCUT2D eigenvalue weighted by Crippen LogP contribution is -2.12. The number of nitrogens with one attached hydrogen (secondary N) is 1. The molecule has 0 fully saturated rings. The Bertz CT molecular complexity index is 1090. The molecular formula is C19H12ClFN4O. The highest BCUT2D eigenvalue weighted by Crippen LogP contribution is 2.27. The van der Waals surface area contributed by atoms with Crippen LogP contribution in [0.5, 0.6) is 0 Å². The Balaban J connectivity index is 1.66. The third kappa shape index (κ3) is 3.14. The van der Waals surface area contributed by atoms with Crippen LogP contribution in [0.2, 0.25) is 5.02 Å². The van der Waals surface area contributed by atoms with Crippen LogP contribution in [-0.2, 0) is 0 Å². The van der Waals surface area contributed by atoms with Crippen LogP contribution in [0.1, 0.15) is 10.4 Å². The van der Waals surface area contributed by atoms with Crippen LogP contribution in [0.15, 0.2) is 66.7 Å². The molecule has 0 bridgehead atoms. The Labute approximate surface area is 153 Å². The molecule has 128 valence electrons. The van der Waals surface area contributed by atoms with Crippen LogP contribution in [0.4, 0.5) is 10.1 Å². The van der Waals surface area contributed by atoms with Gasteiger partial charge in [0.2, 0.25) is 0 Å². The van der Waals surface area contributed by atoms with E-state index in [2.05, 4.69) is 15.5 Å². The molecule has 0 saturated heterocycles. The first-order valence-electron chi connectivity index (χ1n) is 7.79. The second-order valence-electron chi connectivity index (χ2n) is 5.61. The number of hydrogen-bond donors (Lipinski definition) is 1. The van der Waals surface area contributed by atoms with Crippen molar-refractivity contribution in [3.63, 3.8) is 0 Å². The van der Waals surface area contributed by atoms with Gasteiger partial charge in [-0.2, -0.15) is 4.80 Å². The van der Waals surface area contributed by atoms with E-state index in [4.69, 9.17) is 11.6 Å². The lowest BCUT2D eigenvalue weighted by Gasteiger charge is -2.07. The van der Waals surface area contributed by atoms with Crippen molar-refractivity contribution in [2.24, 2.45) is 0 Å². The van der Waals surface area contributed by atoms with Gasteiger partial charge in [-0.05, 0) is 48.5 Å². The standard InChI is InChI=1S/C19H12ClFN4O/c20-15-10-17-18(24-25(23-17)14-4-2-1-3-5-14)11-16(15)22-19(26)12-6-8-13(21)9-7-12/h1-11H,(H,22,26). The summed E-state index contributed by atoms with van der Waals surface area (Å²) < 4.78 is 13.0. The van der Waals surface area contributed by atoms with Gasteiger partial charge < -0.3 is 5.32 Å². The van der Waals surface area contributed by atoms with E-state index in [-0.39, 0.29) is 5.91 Å². The van der Waals surface area contributed by atoms with Crippen LogP contribution in [0.25, 0.3) is 16.7 Å². The largest absolute Gasteiger partial charge is 0.321 e. The summed E-state index contributed by atoms with van der Waals surface area (Å²) in [5.41, 5.74) is 2.76. The quantitative estimate of drug-likeness (QED) is 0.582. The number of rotatable bonds is 3. The zero-order valence-electron chi connectivity index (χ0n) is 13.4. The van der Waals surface area contributed by atoms with Gasteiger partial charge in [-0.3, -0.25) is 4.79 Å². The molecule has 26 heavy (non-hydrogen) atoms. The summed E-state index contributed by atoms with van der Waals surface area (Å²) in [6.07, 6.45) is 0. The Morgan fingerprint density at radius 2 is 1.62 bits per heavy atom. The van der Waals surface area contributed by atoms with Crippen LogP contribution < -0.4 is 5.32 Å². The molecule has 1 heterocycles. The molecule has 0 unspecified atom stereocenters. The second-order valence-corrected chi connectivity index (χ2v) is 6.01. The monoisotopic (exact) mass is 366 g/mol. The lowest BCUT2D eigenvalue weighted by molar-refractivity contribution is 0.102. The van der Waals surface area contributed by atoms with Crippen molar-refractivity contribution in [1.29, 1.82) is 0 Å². The molecule has 0 aliphatic rings. The first kappa shape index (κ1) is 16.2. The van der Waals surface area contributed by atoms with E-state index in [0.29, 0.717) is 27.3 Å². The average molecular weight is 367 g/mol. The number of hydrogen-bond acceptors (Lipinski definition) is 3. The van der Waals surface area contributed by atoms with Crippen LogP contribution >= 0.6 is 11.6 Å². The van der Waals surface area contributed by atoms with E-state index < -0.39 is 5.82 Å². The number of halogens is 2. The number of aromatic nitrogens is 3. The van der Waals surface area contributed by atoms with Crippen molar-refractivity contribution in [3.8, 4) is 5.69 Å². The minimum absolute atomic E-state index is 0.329. The van der Waals surface area contributed by atoms with Gasteiger partial charge in [-0.1, -0.05) is 29.8 Å². The molecule has 1 N–H and O–H groups in total. The number of carbonyl (C=O) groups is 1. The summed E-state index contributed by atoms with van der Waals surface area (Å²) in [5, 5.41) is 11.9. The third-order valence-corrected chi connectivity index (χ3v) is 4.12. The number of amides is 1. The summed E-state index contributed by atoms with van der Waals surface area (Å²) in [6.45, 7) is 0. The van der Waals surface area contributed by atoms with Gasteiger partial charge in [0.05, 0.1) is 16.4 Å². The predicted octanol–water partition coefficient (Wildman–Crippen LogP) is 4.47. The van der Waals surface area contributed by atoms with Gasteiger partial charge in [-0.25, -0.2) is 4.39 Å². The van der Waals surface area contributed by atoms with Gasteiger partial charge >= 0.3 is 0 Å². The molecule has 0 aliphatic carbocycles. The van der Waals surface area contributed by atoms with Crippen molar-refractivity contribution in [2.75, 3.05) is 5.32 Å². The molecule has 4 aromatic rings. The van der Waals surface area contributed by atoms with Crippen LogP contribution in [0, 0.1) is 5.82 Å². The molecule has 0 radical (unpaired) electrons. The molecular weight excluding hydrogens is 355 g/mol. The third-order valence-electron chi connectivity index (χ3n) is 3.81. The topological polar surface area (TPSA) is 59.8 Å². The molecule has 1 amide bonds. The number of anilines is 1. The van der Waals surface area contributed by atoms with Gasteiger partial charge in [0, 0.05) is 5.56 Å². The number of benzene rings is 3. The zero-order valence-corrected chi connectivity index (χ0v) is 14.1. The van der Waals surface area contributed by atoms with Crippen molar-refractivity contribution < 1.29 is 9.18 Å². The van der Waals surface area contributed by atoms with Gasteiger partial charge in [0.25, 0.3) is 5.91 Å². The molecule has 3 aromatic carbocycles.